The van der Waals surface area contributed by atoms with E-state index in [0.717, 1.165) is 57.1 Å². The van der Waals surface area contributed by atoms with Crippen molar-refractivity contribution in [2.45, 2.75) is 84.1 Å². The van der Waals surface area contributed by atoms with Crippen LogP contribution in [0.3, 0.4) is 0 Å². The molecule has 1 fully saturated rings. The van der Waals surface area contributed by atoms with Gasteiger partial charge in [-0.2, -0.15) is 0 Å². The summed E-state index contributed by atoms with van der Waals surface area (Å²) in [7, 11) is 0. The lowest BCUT2D eigenvalue weighted by atomic mass is 9.98. The first kappa shape index (κ1) is 40.2. The van der Waals surface area contributed by atoms with E-state index in [1.165, 1.54) is 27.3 Å². The lowest BCUT2D eigenvalue weighted by molar-refractivity contribution is -0.123. The van der Waals surface area contributed by atoms with Gasteiger partial charge in [0.05, 0.1) is 17.0 Å². The number of aromatic nitrogens is 2. The highest BCUT2D eigenvalue weighted by atomic mass is 35.6. The molecule has 1 saturated heterocycles. The van der Waals surface area contributed by atoms with E-state index in [0.29, 0.717) is 30.9 Å². The number of nitrogens with two attached hydrogens (primary N) is 1. The van der Waals surface area contributed by atoms with E-state index in [9.17, 15) is 14.4 Å². The summed E-state index contributed by atoms with van der Waals surface area (Å²) in [6.07, 6.45) is 1.54. The van der Waals surface area contributed by atoms with E-state index in [1.807, 2.05) is 32.9 Å². The molecular formula is C43H49Cl3N6O3. The smallest absolute Gasteiger partial charge is 0.321 e. The van der Waals surface area contributed by atoms with E-state index in [-0.39, 0.29) is 17.9 Å². The molecule has 6 aromatic rings. The first-order valence-electron chi connectivity index (χ1n) is 18.7. The average Bonchev–Trinajstić information content (AvgIpc) is 3.64. The molecule has 0 saturated carbocycles. The van der Waals surface area contributed by atoms with Crippen LogP contribution in [0.25, 0.3) is 43.6 Å². The fraction of sp³-hybridized carbons (Fsp3) is 0.372. The standard InChI is InChI=1S/C24H30N4O2.C19H19Cl3N2O/c1-14(2)28-19-10-6-5-9-18(19)21-16(4)22(15(3)12-20(21)28)26-24(30)27-11-7-8-17(13-27)23(25)29;1-10(2)24-14-8-6-5-7-13(14)16-12(4)17(11(3)9-15(16)24)23-18(25)19(20,21)22/h5-6,9-10,12,14,17H,7-8,11,13H2,1-4H3,(H2,25,29)(H,26,30);5-10H,1-4H3,(H,23,25). The van der Waals surface area contributed by atoms with Crippen molar-refractivity contribution >= 4 is 108 Å². The van der Waals surface area contributed by atoms with E-state index in [2.05, 4.69) is 103 Å². The first-order chi connectivity index (χ1) is 25.9. The maximum atomic E-state index is 13.0. The monoisotopic (exact) mass is 802 g/mol. The van der Waals surface area contributed by atoms with Crippen molar-refractivity contribution in [1.82, 2.24) is 14.0 Å². The van der Waals surface area contributed by atoms with Crippen LogP contribution in [0, 0.1) is 33.6 Å². The van der Waals surface area contributed by atoms with Gasteiger partial charge < -0.3 is 30.4 Å². The normalized spacial score (nSPS) is 14.9. The number of alkyl halides is 3. The summed E-state index contributed by atoms with van der Waals surface area (Å²) in [5, 5.41) is 10.5. The second-order valence-corrected chi connectivity index (χ2v) is 17.5. The van der Waals surface area contributed by atoms with Crippen molar-refractivity contribution in [3.8, 4) is 0 Å². The maximum Gasteiger partial charge on any atom is 0.321 e. The Morgan fingerprint density at radius 2 is 1.18 bits per heavy atom. The third kappa shape index (κ3) is 7.59. The number of aryl methyl sites for hydroxylation is 4. The largest absolute Gasteiger partial charge is 0.369 e. The molecule has 1 aliphatic rings. The van der Waals surface area contributed by atoms with Gasteiger partial charge in [-0.15, -0.1) is 0 Å². The van der Waals surface area contributed by atoms with Gasteiger partial charge in [-0.1, -0.05) is 71.2 Å². The molecule has 3 heterocycles. The van der Waals surface area contributed by atoms with Crippen LogP contribution >= 0.6 is 34.8 Å². The Balaban J connectivity index is 0.000000190. The Kier molecular flexibility index (Phi) is 11.4. The zero-order chi connectivity index (χ0) is 40.1. The number of hydrogen-bond acceptors (Lipinski definition) is 3. The van der Waals surface area contributed by atoms with Crippen molar-refractivity contribution in [3.05, 3.63) is 82.9 Å². The number of nitrogens with zero attached hydrogens (tertiary/aromatic N) is 3. The molecule has 1 aliphatic heterocycles. The number of rotatable bonds is 5. The van der Waals surface area contributed by atoms with Crippen LogP contribution in [0.2, 0.25) is 0 Å². The van der Waals surface area contributed by atoms with Crippen molar-refractivity contribution in [1.29, 1.82) is 0 Å². The van der Waals surface area contributed by atoms with Gasteiger partial charge in [0, 0.05) is 69.1 Å². The molecule has 0 radical (unpaired) electrons. The zero-order valence-electron chi connectivity index (χ0n) is 32.6. The number of primary amides is 1. The number of para-hydroxylation sites is 2. The highest BCUT2D eigenvalue weighted by Gasteiger charge is 2.32. The molecule has 0 spiro atoms. The van der Waals surface area contributed by atoms with Gasteiger partial charge in [0.15, 0.2) is 0 Å². The molecule has 0 aliphatic carbocycles. The van der Waals surface area contributed by atoms with Gasteiger partial charge in [-0.25, -0.2) is 4.79 Å². The number of carbonyl (C=O) groups excluding carboxylic acids is 3. The van der Waals surface area contributed by atoms with Gasteiger partial charge in [0.25, 0.3) is 9.70 Å². The highest BCUT2D eigenvalue weighted by Crippen LogP contribution is 2.40. The van der Waals surface area contributed by atoms with Gasteiger partial charge in [-0.05, 0) is 115 Å². The molecule has 12 heteroatoms. The second kappa shape index (κ2) is 15.6. The summed E-state index contributed by atoms with van der Waals surface area (Å²) >= 11 is 17.1. The van der Waals surface area contributed by atoms with Crippen molar-refractivity contribution in [3.63, 3.8) is 0 Å². The van der Waals surface area contributed by atoms with E-state index in [4.69, 9.17) is 40.5 Å². The zero-order valence-corrected chi connectivity index (χ0v) is 34.9. The molecule has 2 aromatic heterocycles. The number of anilines is 2. The van der Waals surface area contributed by atoms with Crippen LogP contribution < -0.4 is 16.4 Å². The number of carbonyl (C=O) groups is 3. The van der Waals surface area contributed by atoms with Crippen molar-refractivity contribution in [2.75, 3.05) is 23.7 Å². The van der Waals surface area contributed by atoms with E-state index in [1.54, 1.807) is 4.90 Å². The SMILES string of the molecule is Cc1cc2c(c(C)c1NC(=O)C(Cl)(Cl)Cl)c1ccccc1n2C(C)C.Cc1cc2c(c(C)c1NC(=O)N1CCCC(C(N)=O)C1)c1ccccc1n2C(C)C. The minimum Gasteiger partial charge on any atom is -0.369 e. The minimum absolute atomic E-state index is 0.168. The Bertz CT molecular complexity index is 2480. The number of amides is 4. The van der Waals surface area contributed by atoms with Crippen LogP contribution in [0.4, 0.5) is 16.2 Å². The first-order valence-corrected chi connectivity index (χ1v) is 19.8. The third-order valence-electron chi connectivity index (χ3n) is 10.8. The maximum absolute atomic E-state index is 13.0. The molecule has 55 heavy (non-hydrogen) atoms. The summed E-state index contributed by atoms with van der Waals surface area (Å²) in [5.41, 5.74) is 15.7. The van der Waals surface area contributed by atoms with Gasteiger partial charge in [0.1, 0.15) is 0 Å². The molecule has 4 amide bonds. The lowest BCUT2D eigenvalue weighted by Crippen LogP contribution is -2.45. The number of fused-ring (bicyclic) bond motifs is 6. The van der Waals surface area contributed by atoms with Crippen LogP contribution in [-0.4, -0.2) is 48.8 Å². The number of benzene rings is 4. The van der Waals surface area contributed by atoms with Crippen LogP contribution in [0.1, 0.15) is 74.9 Å². The Labute approximate surface area is 337 Å². The molecule has 1 unspecified atom stereocenters. The number of nitrogens with one attached hydrogen (secondary N) is 2. The fourth-order valence-corrected chi connectivity index (χ4v) is 8.44. The molecule has 1 atom stereocenters. The Morgan fingerprint density at radius 1 is 0.727 bits per heavy atom. The quantitative estimate of drug-likeness (QED) is 0.151. The van der Waals surface area contributed by atoms with Crippen molar-refractivity contribution < 1.29 is 14.4 Å². The molecular weight excluding hydrogens is 755 g/mol. The number of halogens is 3. The van der Waals surface area contributed by atoms with Gasteiger partial charge in [-0.3, -0.25) is 9.59 Å². The molecule has 4 aromatic carbocycles. The number of likely N-dealkylation sites (tertiary alicyclic amines) is 1. The summed E-state index contributed by atoms with van der Waals surface area (Å²) in [6.45, 7) is 17.8. The lowest BCUT2D eigenvalue weighted by Gasteiger charge is -2.31. The van der Waals surface area contributed by atoms with E-state index >= 15 is 0 Å². The van der Waals surface area contributed by atoms with Crippen LogP contribution in [0.5, 0.6) is 0 Å². The number of urea groups is 1. The topological polar surface area (TPSA) is 114 Å². The fourth-order valence-electron chi connectivity index (χ4n) is 8.30. The average molecular weight is 804 g/mol. The van der Waals surface area contributed by atoms with Crippen molar-refractivity contribution in [2.24, 2.45) is 11.7 Å². The Morgan fingerprint density at radius 3 is 1.62 bits per heavy atom. The third-order valence-corrected chi connectivity index (χ3v) is 11.3. The number of piperidine rings is 1. The second-order valence-electron chi connectivity index (χ2n) is 15.2. The molecule has 0 bridgehead atoms. The summed E-state index contributed by atoms with van der Waals surface area (Å²) in [6, 6.07) is 21.4. The summed E-state index contributed by atoms with van der Waals surface area (Å²) in [4.78, 5) is 38.4. The minimum atomic E-state index is -2.00. The van der Waals surface area contributed by atoms with Gasteiger partial charge >= 0.3 is 6.03 Å². The number of hydrogen-bond donors (Lipinski definition) is 3. The van der Waals surface area contributed by atoms with E-state index < -0.39 is 9.70 Å². The molecule has 290 valence electrons. The summed E-state index contributed by atoms with van der Waals surface area (Å²) in [5.74, 6) is -1.25. The molecule has 4 N–H and O–H groups in total. The predicted molar refractivity (Wildman–Crippen MR) is 230 cm³/mol. The van der Waals surface area contributed by atoms with Crippen LogP contribution in [0.15, 0.2) is 60.7 Å². The van der Waals surface area contributed by atoms with Crippen LogP contribution in [-0.2, 0) is 9.59 Å². The Hall–Kier alpha value is -4.44. The van der Waals surface area contributed by atoms with Gasteiger partial charge in [0.2, 0.25) is 5.91 Å². The predicted octanol–water partition coefficient (Wildman–Crippen LogP) is 11.0. The highest BCUT2D eigenvalue weighted by molar-refractivity contribution is 6.76. The molecule has 9 nitrogen and oxygen atoms in total. The summed E-state index contributed by atoms with van der Waals surface area (Å²) < 4.78 is 2.67. The molecule has 7 rings (SSSR count).